The Bertz CT molecular complexity index is 855. The fourth-order valence-electron chi connectivity index (χ4n) is 3.23. The minimum atomic E-state index is -0.679. The number of hydrogen-bond donors (Lipinski definition) is 2. The van der Waals surface area contributed by atoms with Crippen molar-refractivity contribution in [2.24, 2.45) is 0 Å². The summed E-state index contributed by atoms with van der Waals surface area (Å²) in [6.45, 7) is 4.46. The molecule has 1 saturated heterocycles. The molecular weight excluding hydrogens is 378 g/mol. The SMILES string of the molecule is CC(C(=O)Nc1cc(F)ccc1F)N1CCN(CC(=O)Nc2ccccc2)CC1. The van der Waals surface area contributed by atoms with Crippen molar-refractivity contribution in [2.75, 3.05) is 43.4 Å². The van der Waals surface area contributed by atoms with Gasteiger partial charge >= 0.3 is 0 Å². The van der Waals surface area contributed by atoms with Crippen LogP contribution in [0.2, 0.25) is 0 Å². The van der Waals surface area contributed by atoms with E-state index in [9.17, 15) is 18.4 Å². The van der Waals surface area contributed by atoms with Gasteiger partial charge in [-0.1, -0.05) is 18.2 Å². The minimum Gasteiger partial charge on any atom is -0.325 e. The maximum Gasteiger partial charge on any atom is 0.241 e. The highest BCUT2D eigenvalue weighted by Gasteiger charge is 2.26. The van der Waals surface area contributed by atoms with Crippen LogP contribution in [0.4, 0.5) is 20.2 Å². The Morgan fingerprint density at radius 1 is 1.00 bits per heavy atom. The summed E-state index contributed by atoms with van der Waals surface area (Å²) in [6, 6.07) is 11.7. The molecule has 3 rings (SSSR count). The molecule has 0 aliphatic carbocycles. The van der Waals surface area contributed by atoms with Gasteiger partial charge in [-0.25, -0.2) is 8.78 Å². The van der Waals surface area contributed by atoms with Crippen molar-refractivity contribution in [1.29, 1.82) is 0 Å². The smallest absolute Gasteiger partial charge is 0.241 e. The van der Waals surface area contributed by atoms with Crippen LogP contribution < -0.4 is 10.6 Å². The van der Waals surface area contributed by atoms with Crippen molar-refractivity contribution in [3.05, 3.63) is 60.2 Å². The number of nitrogens with zero attached hydrogens (tertiary/aromatic N) is 2. The zero-order valence-electron chi connectivity index (χ0n) is 16.2. The third kappa shape index (κ3) is 5.82. The molecule has 8 heteroatoms. The van der Waals surface area contributed by atoms with Crippen LogP contribution in [0.1, 0.15) is 6.92 Å². The third-order valence-corrected chi connectivity index (χ3v) is 4.95. The Morgan fingerprint density at radius 3 is 2.38 bits per heavy atom. The van der Waals surface area contributed by atoms with E-state index in [0.29, 0.717) is 26.2 Å². The Balaban J connectivity index is 1.46. The van der Waals surface area contributed by atoms with Crippen molar-refractivity contribution in [1.82, 2.24) is 9.80 Å². The number of halogens is 2. The van der Waals surface area contributed by atoms with Gasteiger partial charge in [-0.2, -0.15) is 0 Å². The molecule has 0 bridgehead atoms. The fraction of sp³-hybridized carbons (Fsp3) is 0.333. The van der Waals surface area contributed by atoms with Gasteiger partial charge in [-0.3, -0.25) is 19.4 Å². The lowest BCUT2D eigenvalue weighted by Gasteiger charge is -2.37. The van der Waals surface area contributed by atoms with Crippen LogP contribution in [-0.2, 0) is 9.59 Å². The molecule has 29 heavy (non-hydrogen) atoms. The highest BCUT2D eigenvalue weighted by Crippen LogP contribution is 2.17. The van der Waals surface area contributed by atoms with E-state index in [0.717, 1.165) is 23.9 Å². The molecule has 2 amide bonds. The van der Waals surface area contributed by atoms with Gasteiger partial charge < -0.3 is 10.6 Å². The summed E-state index contributed by atoms with van der Waals surface area (Å²) in [7, 11) is 0. The van der Waals surface area contributed by atoms with E-state index in [1.54, 1.807) is 6.92 Å². The molecule has 0 radical (unpaired) electrons. The van der Waals surface area contributed by atoms with Crippen molar-refractivity contribution in [3.63, 3.8) is 0 Å². The van der Waals surface area contributed by atoms with Crippen LogP contribution in [0.15, 0.2) is 48.5 Å². The highest BCUT2D eigenvalue weighted by molar-refractivity contribution is 5.94. The van der Waals surface area contributed by atoms with E-state index in [1.807, 2.05) is 40.1 Å². The lowest BCUT2D eigenvalue weighted by molar-refractivity contribution is -0.122. The van der Waals surface area contributed by atoms with E-state index in [4.69, 9.17) is 0 Å². The number of benzene rings is 2. The number of piperazine rings is 1. The summed E-state index contributed by atoms with van der Waals surface area (Å²) >= 11 is 0. The molecule has 1 heterocycles. The van der Waals surface area contributed by atoms with E-state index < -0.39 is 23.6 Å². The zero-order chi connectivity index (χ0) is 20.8. The second kappa shape index (κ2) is 9.58. The molecule has 1 unspecified atom stereocenters. The summed E-state index contributed by atoms with van der Waals surface area (Å²) in [5, 5.41) is 5.30. The van der Waals surface area contributed by atoms with Crippen LogP contribution in [0.5, 0.6) is 0 Å². The first-order valence-corrected chi connectivity index (χ1v) is 9.49. The molecule has 0 spiro atoms. The molecule has 1 fully saturated rings. The Labute approximate surface area is 168 Å². The molecule has 6 nitrogen and oxygen atoms in total. The van der Waals surface area contributed by atoms with Gasteiger partial charge in [0.2, 0.25) is 11.8 Å². The number of para-hydroxylation sites is 1. The van der Waals surface area contributed by atoms with Crippen molar-refractivity contribution >= 4 is 23.2 Å². The predicted octanol–water partition coefficient (Wildman–Crippen LogP) is 2.55. The fourth-order valence-corrected chi connectivity index (χ4v) is 3.23. The second-order valence-electron chi connectivity index (χ2n) is 7.02. The molecule has 154 valence electrons. The number of carbonyl (C=O) groups is 2. The first-order valence-electron chi connectivity index (χ1n) is 9.49. The van der Waals surface area contributed by atoms with Crippen molar-refractivity contribution in [2.45, 2.75) is 13.0 Å². The predicted molar refractivity (Wildman–Crippen MR) is 108 cm³/mol. The number of rotatable bonds is 6. The topological polar surface area (TPSA) is 64.7 Å². The zero-order valence-corrected chi connectivity index (χ0v) is 16.2. The molecule has 0 saturated carbocycles. The summed E-state index contributed by atoms with van der Waals surface area (Å²) < 4.78 is 27.0. The van der Waals surface area contributed by atoms with Gasteiger partial charge in [-0.05, 0) is 31.2 Å². The molecular formula is C21H24F2N4O2. The van der Waals surface area contributed by atoms with Crippen LogP contribution in [-0.4, -0.2) is 60.4 Å². The average Bonchev–Trinajstić information content (AvgIpc) is 2.71. The van der Waals surface area contributed by atoms with E-state index in [2.05, 4.69) is 10.6 Å². The summed E-state index contributed by atoms with van der Waals surface area (Å²) in [5.74, 6) is -1.78. The van der Waals surface area contributed by atoms with Crippen LogP contribution in [0.25, 0.3) is 0 Å². The van der Waals surface area contributed by atoms with Crippen LogP contribution in [0, 0.1) is 11.6 Å². The highest BCUT2D eigenvalue weighted by atomic mass is 19.1. The Morgan fingerprint density at radius 2 is 1.69 bits per heavy atom. The van der Waals surface area contributed by atoms with Gasteiger partial charge in [0.25, 0.3) is 0 Å². The molecule has 1 aliphatic rings. The molecule has 2 N–H and O–H groups in total. The van der Waals surface area contributed by atoms with Crippen LogP contribution in [0.3, 0.4) is 0 Å². The van der Waals surface area contributed by atoms with Gasteiger partial charge in [0.15, 0.2) is 0 Å². The minimum absolute atomic E-state index is 0.0861. The van der Waals surface area contributed by atoms with Crippen LogP contribution >= 0.6 is 0 Å². The lowest BCUT2D eigenvalue weighted by Crippen LogP contribution is -2.53. The summed E-state index contributed by atoms with van der Waals surface area (Å²) in [5.41, 5.74) is 0.587. The molecule has 1 atom stereocenters. The molecule has 0 aromatic heterocycles. The second-order valence-corrected chi connectivity index (χ2v) is 7.02. The summed E-state index contributed by atoms with van der Waals surface area (Å²) in [6.07, 6.45) is 0. The largest absolute Gasteiger partial charge is 0.325 e. The van der Waals surface area contributed by atoms with Crippen molar-refractivity contribution in [3.8, 4) is 0 Å². The number of carbonyl (C=O) groups excluding carboxylic acids is 2. The Hall–Kier alpha value is -2.84. The van der Waals surface area contributed by atoms with Crippen molar-refractivity contribution < 1.29 is 18.4 Å². The average molecular weight is 402 g/mol. The molecule has 1 aliphatic heterocycles. The van der Waals surface area contributed by atoms with Gasteiger partial charge in [0.1, 0.15) is 11.6 Å². The summed E-state index contributed by atoms with van der Waals surface area (Å²) in [4.78, 5) is 28.6. The molecule has 2 aromatic carbocycles. The number of amides is 2. The monoisotopic (exact) mass is 402 g/mol. The van der Waals surface area contributed by atoms with E-state index in [1.165, 1.54) is 0 Å². The maximum atomic E-state index is 13.7. The Kier molecular flexibility index (Phi) is 6.90. The van der Waals surface area contributed by atoms with E-state index >= 15 is 0 Å². The number of nitrogens with one attached hydrogen (secondary N) is 2. The van der Waals surface area contributed by atoms with Gasteiger partial charge in [0, 0.05) is 37.9 Å². The normalized spacial score (nSPS) is 16.2. The maximum absolute atomic E-state index is 13.7. The molecule has 2 aromatic rings. The lowest BCUT2D eigenvalue weighted by atomic mass is 10.2. The standard InChI is InChI=1S/C21H24F2N4O2/c1-15(21(29)25-19-13-16(22)7-8-18(19)23)27-11-9-26(10-12-27)14-20(28)24-17-5-3-2-4-6-17/h2-8,13,15H,9-12,14H2,1H3,(H,24,28)(H,25,29). The van der Waals surface area contributed by atoms with Gasteiger partial charge in [0.05, 0.1) is 18.3 Å². The van der Waals surface area contributed by atoms with Gasteiger partial charge in [-0.15, -0.1) is 0 Å². The van der Waals surface area contributed by atoms with E-state index in [-0.39, 0.29) is 18.1 Å². The number of hydrogen-bond acceptors (Lipinski definition) is 4. The quantitative estimate of drug-likeness (QED) is 0.780. The number of anilines is 2. The third-order valence-electron chi connectivity index (χ3n) is 4.95. The first kappa shape index (κ1) is 20.9. The first-order chi connectivity index (χ1) is 13.9.